The van der Waals surface area contributed by atoms with Crippen LogP contribution in [0, 0.1) is 11.3 Å². The van der Waals surface area contributed by atoms with E-state index in [1.807, 2.05) is 47.8 Å². The monoisotopic (exact) mass is 442 g/mol. The van der Waals surface area contributed by atoms with E-state index >= 15 is 0 Å². The molecule has 0 bridgehead atoms. The van der Waals surface area contributed by atoms with E-state index in [2.05, 4.69) is 32.8 Å². The van der Waals surface area contributed by atoms with Crippen molar-refractivity contribution in [2.75, 3.05) is 0 Å². The Hall–Kier alpha value is -3.57. The van der Waals surface area contributed by atoms with Gasteiger partial charge in [0.1, 0.15) is 11.6 Å². The number of hydrogen-bond donors (Lipinski definition) is 1. The maximum atomic E-state index is 10.1. The molecule has 7 nitrogen and oxygen atoms in total. The van der Waals surface area contributed by atoms with E-state index in [0.717, 1.165) is 34.5 Å². The van der Waals surface area contributed by atoms with Crippen LogP contribution < -0.4 is 4.74 Å². The fraction of sp³-hybridized carbons (Fsp3) is 0.292. The molecule has 4 aromatic rings. The number of tetrazole rings is 1. The molecular formula is C24H22N6OS. The van der Waals surface area contributed by atoms with Gasteiger partial charge in [0.15, 0.2) is 6.10 Å². The van der Waals surface area contributed by atoms with Crippen LogP contribution in [0.25, 0.3) is 10.6 Å². The number of nitrogens with one attached hydrogen (secondary N) is 1. The molecule has 0 amide bonds. The molecule has 1 unspecified atom stereocenters. The fourth-order valence-corrected chi connectivity index (χ4v) is 5.00. The SMILES string of the molecule is N#Cc1c(C2CCCCC2)cc(-c2cccs2)nc1OC(c1ccccc1)c1nn[nH]n1. The van der Waals surface area contributed by atoms with E-state index in [0.29, 0.717) is 23.2 Å². The molecule has 160 valence electrons. The van der Waals surface area contributed by atoms with E-state index < -0.39 is 6.10 Å². The van der Waals surface area contributed by atoms with Gasteiger partial charge in [-0.2, -0.15) is 10.5 Å². The molecule has 3 heterocycles. The first-order valence-electron chi connectivity index (χ1n) is 10.8. The quantitative estimate of drug-likeness (QED) is 0.428. The minimum absolute atomic E-state index is 0.317. The van der Waals surface area contributed by atoms with Crippen LogP contribution in [0.2, 0.25) is 0 Å². The van der Waals surface area contributed by atoms with Crippen LogP contribution in [0.5, 0.6) is 5.88 Å². The van der Waals surface area contributed by atoms with Crippen LogP contribution in [0.3, 0.4) is 0 Å². The van der Waals surface area contributed by atoms with Crippen LogP contribution in [0.4, 0.5) is 0 Å². The van der Waals surface area contributed by atoms with E-state index in [4.69, 9.17) is 9.72 Å². The van der Waals surface area contributed by atoms with Gasteiger partial charge in [0, 0.05) is 5.56 Å². The first-order valence-corrected chi connectivity index (χ1v) is 11.7. The smallest absolute Gasteiger partial charge is 0.233 e. The number of ether oxygens (including phenoxy) is 1. The zero-order valence-electron chi connectivity index (χ0n) is 17.4. The van der Waals surface area contributed by atoms with E-state index in [-0.39, 0.29) is 0 Å². The predicted octanol–water partition coefficient (Wildman–Crippen LogP) is 5.41. The Bertz CT molecular complexity index is 1200. The maximum Gasteiger partial charge on any atom is 0.233 e. The van der Waals surface area contributed by atoms with Gasteiger partial charge in [-0.15, -0.1) is 21.5 Å². The van der Waals surface area contributed by atoms with Crippen molar-refractivity contribution in [1.82, 2.24) is 25.6 Å². The number of benzene rings is 1. The number of thiophene rings is 1. The molecule has 0 radical (unpaired) electrons. The number of aromatic nitrogens is 5. The van der Waals surface area contributed by atoms with Gasteiger partial charge in [0.25, 0.3) is 0 Å². The Balaban J connectivity index is 1.63. The van der Waals surface area contributed by atoms with Crippen molar-refractivity contribution >= 4 is 11.3 Å². The zero-order chi connectivity index (χ0) is 21.8. The summed E-state index contributed by atoms with van der Waals surface area (Å²) in [6.45, 7) is 0. The van der Waals surface area contributed by atoms with Gasteiger partial charge in [-0.1, -0.05) is 60.9 Å². The molecule has 32 heavy (non-hydrogen) atoms. The van der Waals surface area contributed by atoms with Crippen LogP contribution in [0.1, 0.15) is 66.6 Å². The molecule has 0 spiro atoms. The molecule has 5 rings (SSSR count). The Morgan fingerprint density at radius 1 is 1.09 bits per heavy atom. The number of pyridine rings is 1. The molecule has 3 aromatic heterocycles. The molecule has 8 heteroatoms. The predicted molar refractivity (Wildman–Crippen MR) is 121 cm³/mol. The normalized spacial score (nSPS) is 15.2. The average Bonchev–Trinajstić information content (AvgIpc) is 3.58. The molecule has 1 saturated carbocycles. The maximum absolute atomic E-state index is 10.1. The van der Waals surface area contributed by atoms with E-state index in [1.54, 1.807) is 11.3 Å². The number of hydrogen-bond acceptors (Lipinski definition) is 7. The molecule has 0 saturated heterocycles. The van der Waals surface area contributed by atoms with Gasteiger partial charge in [0.05, 0.1) is 10.6 Å². The minimum atomic E-state index is -0.632. The lowest BCUT2D eigenvalue weighted by Crippen LogP contribution is -2.15. The van der Waals surface area contributed by atoms with Crippen LogP contribution >= 0.6 is 11.3 Å². The lowest BCUT2D eigenvalue weighted by Gasteiger charge is -2.25. The summed E-state index contributed by atoms with van der Waals surface area (Å²) >= 11 is 1.63. The van der Waals surface area contributed by atoms with Gasteiger partial charge >= 0.3 is 0 Å². The molecule has 1 fully saturated rings. The number of nitrogens with zero attached hydrogens (tertiary/aromatic N) is 5. The van der Waals surface area contributed by atoms with Gasteiger partial charge in [-0.3, -0.25) is 0 Å². The summed E-state index contributed by atoms with van der Waals surface area (Å²) in [4.78, 5) is 5.84. The molecular weight excluding hydrogens is 420 g/mol. The lowest BCUT2D eigenvalue weighted by molar-refractivity contribution is 0.226. The third-order valence-electron chi connectivity index (χ3n) is 5.88. The second kappa shape index (κ2) is 9.28. The summed E-state index contributed by atoms with van der Waals surface area (Å²) in [6, 6.07) is 18.2. The second-order valence-corrected chi connectivity index (χ2v) is 8.83. The largest absolute Gasteiger partial charge is 0.460 e. The summed E-state index contributed by atoms with van der Waals surface area (Å²) in [5, 5.41) is 26.7. The average molecular weight is 443 g/mol. The highest BCUT2D eigenvalue weighted by atomic mass is 32.1. The van der Waals surface area contributed by atoms with Crippen LogP contribution in [-0.2, 0) is 0 Å². The van der Waals surface area contributed by atoms with Gasteiger partial charge in [0.2, 0.25) is 11.7 Å². The summed E-state index contributed by atoms with van der Waals surface area (Å²) in [5.74, 6) is 1.04. The molecule has 1 atom stereocenters. The van der Waals surface area contributed by atoms with Crippen LogP contribution in [0.15, 0.2) is 53.9 Å². The van der Waals surface area contributed by atoms with Gasteiger partial charge < -0.3 is 4.74 Å². The molecule has 1 aliphatic rings. The van der Waals surface area contributed by atoms with Gasteiger partial charge in [-0.25, -0.2) is 4.98 Å². The van der Waals surface area contributed by atoms with E-state index in [1.165, 1.54) is 19.3 Å². The Morgan fingerprint density at radius 3 is 2.62 bits per heavy atom. The summed E-state index contributed by atoms with van der Waals surface area (Å²) in [6.07, 6.45) is 5.13. The second-order valence-electron chi connectivity index (χ2n) is 7.88. The van der Waals surface area contributed by atoms with Crippen molar-refractivity contribution < 1.29 is 4.74 Å². The third kappa shape index (κ3) is 4.12. The van der Waals surface area contributed by atoms with Crippen LogP contribution in [-0.4, -0.2) is 25.6 Å². The van der Waals surface area contributed by atoms with Crippen molar-refractivity contribution in [3.8, 4) is 22.5 Å². The highest BCUT2D eigenvalue weighted by Crippen LogP contribution is 2.40. The number of nitriles is 1. The minimum Gasteiger partial charge on any atom is -0.460 e. The van der Waals surface area contributed by atoms with Crippen molar-refractivity contribution in [1.29, 1.82) is 5.26 Å². The highest BCUT2D eigenvalue weighted by molar-refractivity contribution is 7.13. The fourth-order valence-electron chi connectivity index (χ4n) is 4.31. The van der Waals surface area contributed by atoms with Crippen molar-refractivity contribution in [2.24, 2.45) is 0 Å². The molecule has 0 aliphatic heterocycles. The van der Waals surface area contributed by atoms with Crippen molar-refractivity contribution in [3.63, 3.8) is 0 Å². The highest BCUT2D eigenvalue weighted by Gasteiger charge is 2.27. The van der Waals surface area contributed by atoms with Crippen molar-refractivity contribution in [2.45, 2.75) is 44.1 Å². The number of aromatic amines is 1. The Labute approximate surface area is 190 Å². The van der Waals surface area contributed by atoms with Gasteiger partial charge in [-0.05, 0) is 41.8 Å². The lowest BCUT2D eigenvalue weighted by atomic mass is 9.82. The van der Waals surface area contributed by atoms with E-state index in [9.17, 15) is 5.26 Å². The molecule has 1 N–H and O–H groups in total. The van der Waals surface area contributed by atoms with Crippen molar-refractivity contribution in [3.05, 3.63) is 76.4 Å². The topological polar surface area (TPSA) is 100 Å². The Kier molecular flexibility index (Phi) is 5.90. The third-order valence-corrected chi connectivity index (χ3v) is 6.77. The summed E-state index contributed by atoms with van der Waals surface area (Å²) < 4.78 is 6.42. The first-order chi connectivity index (χ1) is 15.8. The zero-order valence-corrected chi connectivity index (χ0v) is 18.3. The molecule has 1 aromatic carbocycles. The molecule has 1 aliphatic carbocycles. The summed E-state index contributed by atoms with van der Waals surface area (Å²) in [7, 11) is 0. The number of rotatable bonds is 6. The number of H-pyrrole nitrogens is 1. The summed E-state index contributed by atoms with van der Waals surface area (Å²) in [5.41, 5.74) is 3.22. The Morgan fingerprint density at radius 2 is 1.94 bits per heavy atom. The first kappa shape index (κ1) is 20.3. The standard InChI is InChI=1S/C24H22N6OS/c25-15-19-18(16-8-3-1-4-9-16)14-20(21-12-7-13-32-21)26-24(19)31-22(23-27-29-30-28-23)17-10-5-2-6-11-17/h2,5-7,10-14,16,22H,1,3-4,8-9H2,(H,27,28,29,30).